The molecule has 0 bridgehead atoms. The molecule has 28 heavy (non-hydrogen) atoms. The van der Waals surface area contributed by atoms with E-state index in [1.165, 1.54) is 28.6 Å². The van der Waals surface area contributed by atoms with Crippen molar-refractivity contribution in [3.8, 4) is 5.69 Å². The summed E-state index contributed by atoms with van der Waals surface area (Å²) in [6, 6.07) is 9.64. The molecule has 5 rings (SSSR count). The van der Waals surface area contributed by atoms with Crippen molar-refractivity contribution in [2.75, 3.05) is 18.8 Å². The van der Waals surface area contributed by atoms with Gasteiger partial charge in [-0.3, -0.25) is 14.2 Å². The molecule has 1 amide bonds. The van der Waals surface area contributed by atoms with Gasteiger partial charge in [-0.25, -0.2) is 4.98 Å². The molecule has 1 aromatic carbocycles. The molecule has 0 atom stereocenters. The van der Waals surface area contributed by atoms with Gasteiger partial charge in [0, 0.05) is 18.0 Å². The van der Waals surface area contributed by atoms with Crippen LogP contribution in [0.25, 0.3) is 15.9 Å². The largest absolute Gasteiger partial charge is 0.342 e. The number of fused-ring (bicyclic) bond motifs is 3. The number of thiophene rings is 1. The molecule has 2 aliphatic rings. The van der Waals surface area contributed by atoms with E-state index in [0.717, 1.165) is 54.7 Å². The first-order chi connectivity index (χ1) is 13.7. The quantitative estimate of drug-likeness (QED) is 0.486. The first-order valence-electron chi connectivity index (χ1n) is 9.75. The van der Waals surface area contributed by atoms with Gasteiger partial charge < -0.3 is 4.90 Å². The smallest absolute Gasteiger partial charge is 0.267 e. The minimum Gasteiger partial charge on any atom is -0.342 e. The van der Waals surface area contributed by atoms with E-state index in [4.69, 9.17) is 4.98 Å². The Bertz CT molecular complexity index is 1100. The number of thioether (sulfide) groups is 1. The predicted molar refractivity (Wildman–Crippen MR) is 114 cm³/mol. The lowest BCUT2D eigenvalue weighted by Crippen LogP contribution is -2.43. The van der Waals surface area contributed by atoms with Gasteiger partial charge in [0.05, 0.1) is 16.8 Å². The van der Waals surface area contributed by atoms with Gasteiger partial charge in [-0.1, -0.05) is 30.0 Å². The highest BCUT2D eigenvalue weighted by Gasteiger charge is 2.24. The highest BCUT2D eigenvalue weighted by Crippen LogP contribution is 2.35. The number of carbonyl (C=O) groups excluding carboxylic acids is 1. The molecule has 1 aliphatic carbocycles. The fourth-order valence-corrected chi connectivity index (χ4v) is 6.09. The standard InChI is InChI=1S/C21H21N3O2S2/c25-17(23-11-6-12-23)13-27-21-22-19-18(15-9-4-5-10-16(15)28-19)20(26)24(21)14-7-2-1-3-8-14/h1-3,7-8H,4-6,9-13H2. The van der Waals surface area contributed by atoms with Crippen LogP contribution in [0.15, 0.2) is 40.3 Å². The number of carbonyl (C=O) groups is 1. The Balaban J connectivity index is 1.62. The summed E-state index contributed by atoms with van der Waals surface area (Å²) in [7, 11) is 0. The van der Waals surface area contributed by atoms with Crippen LogP contribution in [-0.2, 0) is 17.6 Å². The molecule has 3 aromatic rings. The number of benzene rings is 1. The molecule has 0 N–H and O–H groups in total. The summed E-state index contributed by atoms with van der Waals surface area (Å²) in [6.45, 7) is 1.68. The molecule has 0 saturated carbocycles. The van der Waals surface area contributed by atoms with Gasteiger partial charge in [0.15, 0.2) is 5.16 Å². The number of likely N-dealkylation sites (tertiary alicyclic amines) is 1. The monoisotopic (exact) mass is 411 g/mol. The molecule has 0 unspecified atom stereocenters. The van der Waals surface area contributed by atoms with Crippen LogP contribution in [0.3, 0.4) is 0 Å². The van der Waals surface area contributed by atoms with E-state index in [9.17, 15) is 9.59 Å². The Labute approximate surface area is 171 Å². The number of aryl methyl sites for hydroxylation is 2. The van der Waals surface area contributed by atoms with Crippen LogP contribution in [0.4, 0.5) is 0 Å². The van der Waals surface area contributed by atoms with Gasteiger partial charge >= 0.3 is 0 Å². The summed E-state index contributed by atoms with van der Waals surface area (Å²) in [4.78, 5) is 34.8. The van der Waals surface area contributed by atoms with Crippen molar-refractivity contribution in [2.45, 2.75) is 37.3 Å². The van der Waals surface area contributed by atoms with Crippen LogP contribution >= 0.6 is 23.1 Å². The van der Waals surface area contributed by atoms with Gasteiger partial charge in [0.1, 0.15) is 4.83 Å². The lowest BCUT2D eigenvalue weighted by Gasteiger charge is -2.30. The van der Waals surface area contributed by atoms with E-state index in [1.54, 1.807) is 15.9 Å². The van der Waals surface area contributed by atoms with Crippen LogP contribution < -0.4 is 5.56 Å². The zero-order valence-electron chi connectivity index (χ0n) is 15.5. The maximum absolute atomic E-state index is 13.5. The second kappa shape index (κ2) is 7.37. The SMILES string of the molecule is O=C(CSc1nc2sc3c(c2c(=O)n1-c1ccccc1)CCCC3)N1CCC1. The summed E-state index contributed by atoms with van der Waals surface area (Å²) < 4.78 is 1.69. The lowest BCUT2D eigenvalue weighted by molar-refractivity contribution is -0.131. The Kier molecular flexibility index (Phi) is 4.72. The highest BCUT2D eigenvalue weighted by molar-refractivity contribution is 7.99. The predicted octanol–water partition coefficient (Wildman–Crippen LogP) is 3.65. The number of nitrogens with zero attached hydrogens (tertiary/aromatic N) is 3. The molecule has 2 aromatic heterocycles. The van der Waals surface area contributed by atoms with E-state index in [0.29, 0.717) is 10.9 Å². The number of hydrogen-bond acceptors (Lipinski definition) is 5. The molecule has 3 heterocycles. The summed E-state index contributed by atoms with van der Waals surface area (Å²) in [5.41, 5.74) is 1.99. The van der Waals surface area contributed by atoms with Crippen molar-refractivity contribution >= 4 is 39.2 Å². The van der Waals surface area contributed by atoms with Crippen molar-refractivity contribution < 1.29 is 4.79 Å². The van der Waals surface area contributed by atoms with Crippen molar-refractivity contribution in [1.29, 1.82) is 0 Å². The van der Waals surface area contributed by atoms with Crippen molar-refractivity contribution in [3.63, 3.8) is 0 Å². The van der Waals surface area contributed by atoms with E-state index in [1.807, 2.05) is 35.2 Å². The van der Waals surface area contributed by atoms with E-state index in [-0.39, 0.29) is 11.5 Å². The maximum Gasteiger partial charge on any atom is 0.267 e. The molecule has 1 saturated heterocycles. The van der Waals surface area contributed by atoms with Crippen molar-refractivity contribution in [2.24, 2.45) is 0 Å². The Morgan fingerprint density at radius 3 is 2.64 bits per heavy atom. The first kappa shape index (κ1) is 17.9. The molecule has 5 nitrogen and oxygen atoms in total. The normalized spacial score (nSPS) is 16.1. The van der Waals surface area contributed by atoms with Gasteiger partial charge in [-0.15, -0.1) is 11.3 Å². The minimum absolute atomic E-state index is 0.00509. The minimum atomic E-state index is -0.00509. The Hall–Kier alpha value is -2.12. The number of amides is 1. The number of hydrogen-bond donors (Lipinski definition) is 0. The summed E-state index contributed by atoms with van der Waals surface area (Å²) >= 11 is 3.02. The zero-order valence-corrected chi connectivity index (χ0v) is 17.2. The number of para-hydroxylation sites is 1. The molecular weight excluding hydrogens is 390 g/mol. The second-order valence-corrected chi connectivity index (χ2v) is 9.31. The van der Waals surface area contributed by atoms with E-state index >= 15 is 0 Å². The molecule has 144 valence electrons. The van der Waals surface area contributed by atoms with Crippen LogP contribution in [0.1, 0.15) is 29.7 Å². The first-order valence-corrected chi connectivity index (χ1v) is 11.6. The fourth-order valence-electron chi connectivity index (χ4n) is 3.87. The molecule has 1 aliphatic heterocycles. The molecular formula is C21H21N3O2S2. The van der Waals surface area contributed by atoms with Crippen molar-refractivity contribution in [1.82, 2.24) is 14.5 Å². The third kappa shape index (κ3) is 3.06. The zero-order chi connectivity index (χ0) is 19.1. The summed E-state index contributed by atoms with van der Waals surface area (Å²) in [6.07, 6.45) is 5.39. The highest BCUT2D eigenvalue weighted by atomic mass is 32.2. The summed E-state index contributed by atoms with van der Waals surface area (Å²) in [5, 5.41) is 1.39. The summed E-state index contributed by atoms with van der Waals surface area (Å²) in [5.74, 6) is 0.436. The fraction of sp³-hybridized carbons (Fsp3) is 0.381. The van der Waals surface area contributed by atoms with Crippen LogP contribution in [0.2, 0.25) is 0 Å². The van der Waals surface area contributed by atoms with Gasteiger partial charge in [0.2, 0.25) is 5.91 Å². The molecule has 7 heteroatoms. The maximum atomic E-state index is 13.5. The van der Waals surface area contributed by atoms with Crippen LogP contribution in [-0.4, -0.2) is 39.2 Å². The van der Waals surface area contributed by atoms with Crippen molar-refractivity contribution in [3.05, 3.63) is 51.1 Å². The average Bonchev–Trinajstić information content (AvgIpc) is 3.04. The topological polar surface area (TPSA) is 55.2 Å². The second-order valence-electron chi connectivity index (χ2n) is 7.28. The third-order valence-electron chi connectivity index (χ3n) is 5.51. The van der Waals surface area contributed by atoms with Crippen LogP contribution in [0.5, 0.6) is 0 Å². The number of aromatic nitrogens is 2. The van der Waals surface area contributed by atoms with Crippen LogP contribution in [0, 0.1) is 0 Å². The Morgan fingerprint density at radius 2 is 1.89 bits per heavy atom. The Morgan fingerprint density at radius 1 is 1.11 bits per heavy atom. The third-order valence-corrected chi connectivity index (χ3v) is 7.62. The van der Waals surface area contributed by atoms with Gasteiger partial charge in [-0.05, 0) is 49.8 Å². The molecule has 0 spiro atoms. The number of rotatable bonds is 4. The molecule has 0 radical (unpaired) electrons. The van der Waals surface area contributed by atoms with E-state index in [2.05, 4.69) is 0 Å². The lowest BCUT2D eigenvalue weighted by atomic mass is 9.97. The average molecular weight is 412 g/mol. The van der Waals surface area contributed by atoms with Gasteiger partial charge in [-0.2, -0.15) is 0 Å². The molecule has 1 fully saturated rings. The van der Waals surface area contributed by atoms with Gasteiger partial charge in [0.25, 0.3) is 5.56 Å². The van der Waals surface area contributed by atoms with E-state index < -0.39 is 0 Å².